The van der Waals surface area contributed by atoms with Gasteiger partial charge in [0.25, 0.3) is 0 Å². The lowest BCUT2D eigenvalue weighted by Crippen LogP contribution is -2.34. The lowest BCUT2D eigenvalue weighted by Gasteiger charge is -2.38. The van der Waals surface area contributed by atoms with Gasteiger partial charge in [-0.1, -0.05) is 66.2 Å². The Labute approximate surface area is 134 Å². The Morgan fingerprint density at radius 2 is 1.67 bits per heavy atom. The van der Waals surface area contributed by atoms with Gasteiger partial charge in [0.05, 0.1) is 0 Å². The minimum atomic E-state index is 0.886. The zero-order valence-corrected chi connectivity index (χ0v) is 15.3. The van der Waals surface area contributed by atoms with Gasteiger partial charge in [0, 0.05) is 0 Å². The fourth-order valence-electron chi connectivity index (χ4n) is 4.07. The van der Waals surface area contributed by atoms with Crippen molar-refractivity contribution >= 4 is 0 Å². The van der Waals surface area contributed by atoms with E-state index in [1.807, 2.05) is 0 Å². The zero-order valence-electron chi connectivity index (χ0n) is 15.3. The van der Waals surface area contributed by atoms with Crippen molar-refractivity contribution in [1.29, 1.82) is 0 Å². The molecule has 3 unspecified atom stereocenters. The van der Waals surface area contributed by atoms with Crippen molar-refractivity contribution in [1.82, 2.24) is 5.32 Å². The number of rotatable bonds is 11. The van der Waals surface area contributed by atoms with E-state index in [9.17, 15) is 0 Å². The monoisotopic (exact) mass is 295 g/mol. The van der Waals surface area contributed by atoms with E-state index in [0.717, 1.165) is 23.7 Å². The van der Waals surface area contributed by atoms with Crippen LogP contribution in [-0.2, 0) is 0 Å². The summed E-state index contributed by atoms with van der Waals surface area (Å²) < 4.78 is 0. The van der Waals surface area contributed by atoms with Gasteiger partial charge in [-0.15, -0.1) is 0 Å². The molecule has 0 aromatic heterocycles. The average molecular weight is 296 g/mol. The molecule has 1 nitrogen and oxygen atoms in total. The van der Waals surface area contributed by atoms with Gasteiger partial charge < -0.3 is 5.32 Å². The molecule has 1 saturated carbocycles. The van der Waals surface area contributed by atoms with Crippen LogP contribution in [0.5, 0.6) is 0 Å². The molecule has 126 valence electrons. The molecule has 1 aliphatic rings. The number of hydrogen-bond acceptors (Lipinski definition) is 1. The largest absolute Gasteiger partial charge is 0.316 e. The SMILES string of the molecule is CCCCCCCC1CC(C(C)C)CCC1CNCCC. The molecular formula is C20H41N. The number of nitrogens with one attached hydrogen (secondary N) is 1. The molecule has 0 aromatic carbocycles. The molecule has 1 heteroatoms. The Morgan fingerprint density at radius 3 is 2.33 bits per heavy atom. The summed E-state index contributed by atoms with van der Waals surface area (Å²) in [7, 11) is 0. The summed E-state index contributed by atoms with van der Waals surface area (Å²) in [5.74, 6) is 3.83. The molecular weight excluding hydrogens is 254 g/mol. The molecule has 1 aliphatic carbocycles. The minimum Gasteiger partial charge on any atom is -0.316 e. The Bertz CT molecular complexity index is 236. The van der Waals surface area contributed by atoms with Crippen molar-refractivity contribution in [3.63, 3.8) is 0 Å². The summed E-state index contributed by atoms with van der Waals surface area (Å²) in [6, 6.07) is 0. The minimum absolute atomic E-state index is 0.886. The van der Waals surface area contributed by atoms with Crippen molar-refractivity contribution in [3.05, 3.63) is 0 Å². The van der Waals surface area contributed by atoms with E-state index in [1.54, 1.807) is 0 Å². The number of hydrogen-bond donors (Lipinski definition) is 1. The topological polar surface area (TPSA) is 12.0 Å². The van der Waals surface area contributed by atoms with Crippen molar-refractivity contribution in [3.8, 4) is 0 Å². The first-order valence-corrected chi connectivity index (χ1v) is 9.89. The highest BCUT2D eigenvalue weighted by molar-refractivity contribution is 4.82. The van der Waals surface area contributed by atoms with Crippen molar-refractivity contribution in [2.45, 2.75) is 91.9 Å². The van der Waals surface area contributed by atoms with Gasteiger partial charge in [-0.3, -0.25) is 0 Å². The molecule has 3 atom stereocenters. The van der Waals surface area contributed by atoms with E-state index in [4.69, 9.17) is 0 Å². The van der Waals surface area contributed by atoms with E-state index in [1.165, 1.54) is 77.3 Å². The highest BCUT2D eigenvalue weighted by Crippen LogP contribution is 2.39. The predicted molar refractivity (Wildman–Crippen MR) is 95.7 cm³/mol. The third-order valence-electron chi connectivity index (χ3n) is 5.63. The summed E-state index contributed by atoms with van der Waals surface area (Å²) in [4.78, 5) is 0. The first-order chi connectivity index (χ1) is 10.2. The molecule has 0 aromatic rings. The van der Waals surface area contributed by atoms with E-state index in [0.29, 0.717) is 0 Å². The third kappa shape index (κ3) is 7.68. The van der Waals surface area contributed by atoms with Gasteiger partial charge in [-0.05, 0) is 62.4 Å². The molecule has 0 spiro atoms. The Balaban J connectivity index is 2.36. The lowest BCUT2D eigenvalue weighted by molar-refractivity contribution is 0.135. The molecule has 1 N–H and O–H groups in total. The molecule has 0 saturated heterocycles. The van der Waals surface area contributed by atoms with Crippen LogP contribution in [0.1, 0.15) is 91.9 Å². The second-order valence-electron chi connectivity index (χ2n) is 7.74. The molecule has 21 heavy (non-hydrogen) atoms. The summed E-state index contributed by atoms with van der Waals surface area (Å²) in [6.45, 7) is 11.9. The van der Waals surface area contributed by atoms with Crippen LogP contribution in [0.15, 0.2) is 0 Å². The van der Waals surface area contributed by atoms with Gasteiger partial charge in [-0.25, -0.2) is 0 Å². The molecule has 1 fully saturated rings. The number of unbranched alkanes of at least 4 members (excludes halogenated alkanes) is 4. The average Bonchev–Trinajstić information content (AvgIpc) is 2.48. The van der Waals surface area contributed by atoms with Crippen LogP contribution in [-0.4, -0.2) is 13.1 Å². The third-order valence-corrected chi connectivity index (χ3v) is 5.63. The van der Waals surface area contributed by atoms with E-state index >= 15 is 0 Å². The van der Waals surface area contributed by atoms with Crippen LogP contribution in [0.4, 0.5) is 0 Å². The van der Waals surface area contributed by atoms with Crippen LogP contribution in [0, 0.1) is 23.7 Å². The standard InChI is InChI=1S/C20H41N/c1-5-7-8-9-10-11-19-15-18(17(3)4)12-13-20(19)16-21-14-6-2/h17-21H,5-16H2,1-4H3. The van der Waals surface area contributed by atoms with Crippen molar-refractivity contribution in [2.75, 3.05) is 13.1 Å². The van der Waals surface area contributed by atoms with Crippen LogP contribution in [0.3, 0.4) is 0 Å². The van der Waals surface area contributed by atoms with E-state index < -0.39 is 0 Å². The summed E-state index contributed by atoms with van der Waals surface area (Å²) >= 11 is 0. The molecule has 0 amide bonds. The van der Waals surface area contributed by atoms with Crippen LogP contribution in [0.25, 0.3) is 0 Å². The quantitative estimate of drug-likeness (QED) is 0.458. The Kier molecular flexibility index (Phi) is 10.4. The zero-order chi connectivity index (χ0) is 15.5. The molecule has 0 bridgehead atoms. The fourth-order valence-corrected chi connectivity index (χ4v) is 4.07. The molecule has 1 rings (SSSR count). The van der Waals surface area contributed by atoms with Crippen molar-refractivity contribution < 1.29 is 0 Å². The second-order valence-corrected chi connectivity index (χ2v) is 7.74. The van der Waals surface area contributed by atoms with Gasteiger partial charge in [0.1, 0.15) is 0 Å². The van der Waals surface area contributed by atoms with Crippen LogP contribution < -0.4 is 5.32 Å². The van der Waals surface area contributed by atoms with Gasteiger partial charge in [0.15, 0.2) is 0 Å². The van der Waals surface area contributed by atoms with E-state index in [-0.39, 0.29) is 0 Å². The first-order valence-electron chi connectivity index (χ1n) is 9.89. The van der Waals surface area contributed by atoms with Crippen molar-refractivity contribution in [2.24, 2.45) is 23.7 Å². The van der Waals surface area contributed by atoms with Gasteiger partial charge >= 0.3 is 0 Å². The maximum absolute atomic E-state index is 3.69. The predicted octanol–water partition coefficient (Wildman–Crippen LogP) is 6.04. The summed E-state index contributed by atoms with van der Waals surface area (Å²) in [5, 5.41) is 3.69. The smallest absolute Gasteiger partial charge is 0.00179 e. The Hall–Kier alpha value is -0.0400. The lowest BCUT2D eigenvalue weighted by atomic mass is 9.69. The first kappa shape index (κ1) is 19.0. The second kappa shape index (κ2) is 11.5. The normalized spacial score (nSPS) is 26.4. The fraction of sp³-hybridized carbons (Fsp3) is 1.00. The Morgan fingerprint density at radius 1 is 0.905 bits per heavy atom. The molecule has 0 aliphatic heterocycles. The summed E-state index contributed by atoms with van der Waals surface area (Å²) in [5.41, 5.74) is 0. The van der Waals surface area contributed by atoms with Gasteiger partial charge in [0.2, 0.25) is 0 Å². The molecule has 0 radical (unpaired) electrons. The molecule has 0 heterocycles. The highest BCUT2D eigenvalue weighted by atomic mass is 14.9. The van der Waals surface area contributed by atoms with Crippen LogP contribution >= 0.6 is 0 Å². The summed E-state index contributed by atoms with van der Waals surface area (Å²) in [6.07, 6.45) is 14.4. The maximum atomic E-state index is 3.69. The van der Waals surface area contributed by atoms with Crippen LogP contribution in [0.2, 0.25) is 0 Å². The highest BCUT2D eigenvalue weighted by Gasteiger charge is 2.30. The maximum Gasteiger partial charge on any atom is -0.00179 e. The van der Waals surface area contributed by atoms with Gasteiger partial charge in [-0.2, -0.15) is 0 Å². The van der Waals surface area contributed by atoms with E-state index in [2.05, 4.69) is 33.0 Å².